The minimum Gasteiger partial charge on any atom is -0.308 e. The number of nitrogens with zero attached hydrogens (tertiary/aromatic N) is 1. The molecule has 2 heteroatoms. The molecule has 0 aliphatic carbocycles. The van der Waals surface area contributed by atoms with Crippen molar-refractivity contribution in [2.75, 3.05) is 0 Å². The molecule has 186 valence electrons. The van der Waals surface area contributed by atoms with Crippen LogP contribution >= 0.6 is 11.3 Å². The average molecular weight is 526 g/mol. The van der Waals surface area contributed by atoms with Crippen molar-refractivity contribution in [1.29, 1.82) is 0 Å². The van der Waals surface area contributed by atoms with Crippen molar-refractivity contribution in [1.82, 2.24) is 4.57 Å². The van der Waals surface area contributed by atoms with Gasteiger partial charge in [-0.15, -0.1) is 11.3 Å². The number of thiophene rings is 1. The van der Waals surface area contributed by atoms with Crippen LogP contribution in [0.1, 0.15) is 0 Å². The fourth-order valence-corrected chi connectivity index (χ4v) is 7.93. The molecule has 0 saturated carbocycles. The monoisotopic (exact) mass is 525 g/mol. The molecule has 0 spiro atoms. The van der Waals surface area contributed by atoms with Crippen LogP contribution in [0.4, 0.5) is 0 Å². The SMILES string of the molecule is c1ccc(-c2cc(-n3c4ccccc4c4c5ccccc5c5c6ccccc6sc5c43)cc3ccccc23)cc1. The molecule has 0 bridgehead atoms. The van der Waals surface area contributed by atoms with Crippen LogP contribution in [0.15, 0.2) is 140 Å². The van der Waals surface area contributed by atoms with Crippen molar-refractivity contribution in [3.05, 3.63) is 140 Å². The maximum absolute atomic E-state index is 2.52. The van der Waals surface area contributed by atoms with Gasteiger partial charge in [0.05, 0.1) is 15.7 Å². The summed E-state index contributed by atoms with van der Waals surface area (Å²) in [5.74, 6) is 0. The van der Waals surface area contributed by atoms with E-state index >= 15 is 0 Å². The second-order valence-corrected chi connectivity index (χ2v) is 11.6. The lowest BCUT2D eigenvalue weighted by Crippen LogP contribution is -1.96. The van der Waals surface area contributed by atoms with Gasteiger partial charge < -0.3 is 4.57 Å². The zero-order valence-electron chi connectivity index (χ0n) is 21.6. The summed E-state index contributed by atoms with van der Waals surface area (Å²) < 4.78 is 5.20. The van der Waals surface area contributed by atoms with Crippen LogP contribution in [0.5, 0.6) is 0 Å². The van der Waals surface area contributed by atoms with Gasteiger partial charge in [-0.3, -0.25) is 0 Å². The molecule has 2 aromatic heterocycles. The highest BCUT2D eigenvalue weighted by Crippen LogP contribution is 2.48. The summed E-state index contributed by atoms with van der Waals surface area (Å²) in [7, 11) is 0. The fourth-order valence-electron chi connectivity index (χ4n) is 6.67. The van der Waals surface area contributed by atoms with E-state index in [1.165, 1.54) is 80.3 Å². The summed E-state index contributed by atoms with van der Waals surface area (Å²) in [6.45, 7) is 0. The summed E-state index contributed by atoms with van der Waals surface area (Å²) in [4.78, 5) is 0. The van der Waals surface area contributed by atoms with Gasteiger partial charge in [-0.05, 0) is 56.9 Å². The molecule has 0 fully saturated rings. The van der Waals surface area contributed by atoms with Gasteiger partial charge in [0.25, 0.3) is 0 Å². The second-order valence-electron chi connectivity index (χ2n) is 10.5. The van der Waals surface area contributed by atoms with Crippen molar-refractivity contribution >= 4 is 74.9 Å². The van der Waals surface area contributed by atoms with Crippen LogP contribution < -0.4 is 0 Å². The topological polar surface area (TPSA) is 4.93 Å². The van der Waals surface area contributed by atoms with Gasteiger partial charge in [0.15, 0.2) is 0 Å². The number of fused-ring (bicyclic) bond motifs is 11. The third-order valence-electron chi connectivity index (χ3n) is 8.34. The summed E-state index contributed by atoms with van der Waals surface area (Å²) in [5.41, 5.74) is 6.22. The molecule has 2 heterocycles. The van der Waals surface area contributed by atoms with Gasteiger partial charge in [-0.2, -0.15) is 0 Å². The normalized spacial score (nSPS) is 12.0. The van der Waals surface area contributed by atoms with Crippen molar-refractivity contribution in [2.24, 2.45) is 0 Å². The van der Waals surface area contributed by atoms with Crippen molar-refractivity contribution in [3.8, 4) is 16.8 Å². The molecule has 0 aliphatic heterocycles. The molecule has 0 N–H and O–H groups in total. The maximum atomic E-state index is 2.52. The third kappa shape index (κ3) is 2.97. The molecular formula is C38H23NS. The van der Waals surface area contributed by atoms with Crippen molar-refractivity contribution in [2.45, 2.75) is 0 Å². The fraction of sp³-hybridized carbons (Fsp3) is 0. The van der Waals surface area contributed by atoms with E-state index in [0.29, 0.717) is 0 Å². The first-order valence-corrected chi connectivity index (χ1v) is 14.5. The van der Waals surface area contributed by atoms with E-state index in [1.54, 1.807) is 0 Å². The first-order chi connectivity index (χ1) is 19.9. The smallest absolute Gasteiger partial charge is 0.0726 e. The van der Waals surface area contributed by atoms with E-state index < -0.39 is 0 Å². The lowest BCUT2D eigenvalue weighted by molar-refractivity contribution is 1.19. The van der Waals surface area contributed by atoms with Gasteiger partial charge in [0.2, 0.25) is 0 Å². The Morgan fingerprint density at radius 2 is 1.10 bits per heavy atom. The number of benzene rings is 7. The number of rotatable bonds is 2. The van der Waals surface area contributed by atoms with Gasteiger partial charge in [0, 0.05) is 31.9 Å². The standard InChI is InChI=1S/C38H23NS/c1-2-12-24(13-3-1)32-23-26(22-25-14-4-5-15-27(25)32)39-33-20-10-8-18-30(33)35-28-16-6-7-17-29(28)36-31-19-9-11-21-34(31)40-38(36)37(35)39/h1-23H. The van der Waals surface area contributed by atoms with Gasteiger partial charge in [-0.25, -0.2) is 0 Å². The van der Waals surface area contributed by atoms with Gasteiger partial charge in [-0.1, -0.05) is 115 Å². The molecule has 7 aromatic carbocycles. The Kier molecular flexibility index (Phi) is 4.55. The maximum Gasteiger partial charge on any atom is 0.0726 e. The number of hydrogen-bond acceptors (Lipinski definition) is 1. The molecule has 0 amide bonds. The first kappa shape index (κ1) is 22.0. The van der Waals surface area contributed by atoms with Crippen LogP contribution in [-0.2, 0) is 0 Å². The highest BCUT2D eigenvalue weighted by Gasteiger charge is 2.22. The summed E-state index contributed by atoms with van der Waals surface area (Å²) >= 11 is 1.91. The van der Waals surface area contributed by atoms with Gasteiger partial charge in [0.1, 0.15) is 0 Å². The number of aromatic nitrogens is 1. The van der Waals surface area contributed by atoms with Crippen LogP contribution in [0, 0.1) is 0 Å². The highest BCUT2D eigenvalue weighted by molar-refractivity contribution is 7.27. The Hall–Kier alpha value is -4.92. The zero-order valence-corrected chi connectivity index (χ0v) is 22.5. The number of hydrogen-bond donors (Lipinski definition) is 0. The molecule has 9 aromatic rings. The van der Waals surface area contributed by atoms with Crippen LogP contribution in [-0.4, -0.2) is 4.57 Å². The molecule has 0 atom stereocenters. The van der Waals surface area contributed by atoms with E-state index in [0.717, 1.165) is 0 Å². The Bertz CT molecular complexity index is 2420. The predicted octanol–water partition coefficient (Wildman–Crippen LogP) is 11.1. The Morgan fingerprint density at radius 3 is 1.93 bits per heavy atom. The Labute approximate surface area is 235 Å². The molecule has 40 heavy (non-hydrogen) atoms. The van der Waals surface area contributed by atoms with E-state index in [9.17, 15) is 0 Å². The molecule has 0 unspecified atom stereocenters. The quantitative estimate of drug-likeness (QED) is 0.211. The first-order valence-electron chi connectivity index (χ1n) is 13.7. The van der Waals surface area contributed by atoms with Gasteiger partial charge >= 0.3 is 0 Å². The third-order valence-corrected chi connectivity index (χ3v) is 9.52. The largest absolute Gasteiger partial charge is 0.308 e. The molecule has 9 rings (SSSR count). The van der Waals surface area contributed by atoms with Crippen LogP contribution in [0.2, 0.25) is 0 Å². The summed E-state index contributed by atoms with van der Waals surface area (Å²) in [5, 5.41) is 10.5. The van der Waals surface area contributed by atoms with E-state index in [1.807, 2.05) is 11.3 Å². The molecule has 0 radical (unpaired) electrons. The minimum atomic E-state index is 1.19. The van der Waals surface area contributed by atoms with E-state index in [4.69, 9.17) is 0 Å². The van der Waals surface area contributed by atoms with Crippen LogP contribution in [0.3, 0.4) is 0 Å². The molecular weight excluding hydrogens is 502 g/mol. The van der Waals surface area contributed by atoms with Crippen LogP contribution in [0.25, 0.3) is 80.3 Å². The Balaban J connectivity index is 1.54. The predicted molar refractivity (Wildman–Crippen MR) is 174 cm³/mol. The zero-order chi connectivity index (χ0) is 26.2. The second kappa shape index (κ2) is 8.29. The average Bonchev–Trinajstić information content (AvgIpc) is 3.58. The van der Waals surface area contributed by atoms with Crippen molar-refractivity contribution < 1.29 is 0 Å². The molecule has 1 nitrogen and oxygen atoms in total. The molecule has 0 aliphatic rings. The Morgan fingerprint density at radius 1 is 0.475 bits per heavy atom. The lowest BCUT2D eigenvalue weighted by Gasteiger charge is -2.14. The minimum absolute atomic E-state index is 1.19. The summed E-state index contributed by atoms with van der Waals surface area (Å²) in [6, 6.07) is 51.0. The highest BCUT2D eigenvalue weighted by atomic mass is 32.1. The summed E-state index contributed by atoms with van der Waals surface area (Å²) in [6.07, 6.45) is 0. The lowest BCUT2D eigenvalue weighted by atomic mass is 9.97. The van der Waals surface area contributed by atoms with E-state index in [-0.39, 0.29) is 0 Å². The number of para-hydroxylation sites is 1. The van der Waals surface area contributed by atoms with E-state index in [2.05, 4.69) is 144 Å². The van der Waals surface area contributed by atoms with Crippen molar-refractivity contribution in [3.63, 3.8) is 0 Å². The molecule has 0 saturated heterocycles.